The van der Waals surface area contributed by atoms with Gasteiger partial charge in [0, 0.05) is 19.1 Å². The number of aliphatic hydroxyl groups is 1. The molecule has 3 unspecified atom stereocenters. The largest absolute Gasteiger partial charge is 0.401 e. The smallest absolute Gasteiger partial charge is 0.395 e. The summed E-state index contributed by atoms with van der Waals surface area (Å²) in [5.74, 6) is 0.796. The fourth-order valence-corrected chi connectivity index (χ4v) is 3.19. The lowest BCUT2D eigenvalue weighted by atomic mass is 9.78. The van der Waals surface area contributed by atoms with E-state index in [0.29, 0.717) is 18.5 Å². The van der Waals surface area contributed by atoms with E-state index in [4.69, 9.17) is 5.11 Å². The van der Waals surface area contributed by atoms with Crippen molar-refractivity contribution in [2.75, 3.05) is 32.8 Å². The van der Waals surface area contributed by atoms with Gasteiger partial charge < -0.3 is 10.4 Å². The van der Waals surface area contributed by atoms with E-state index < -0.39 is 12.7 Å². The van der Waals surface area contributed by atoms with E-state index in [2.05, 4.69) is 12.2 Å². The van der Waals surface area contributed by atoms with E-state index in [-0.39, 0.29) is 19.1 Å². The predicted molar refractivity (Wildman–Crippen MR) is 73.6 cm³/mol. The molecule has 0 spiro atoms. The molecule has 0 bridgehead atoms. The highest BCUT2D eigenvalue weighted by atomic mass is 19.4. The lowest BCUT2D eigenvalue weighted by Gasteiger charge is -2.38. The molecule has 3 nitrogen and oxygen atoms in total. The number of aliphatic hydroxyl groups excluding tert-OH is 1. The number of nitrogens with zero attached hydrogens (tertiary/aromatic N) is 1. The molecular formula is C14H27F3N2O. The Hall–Kier alpha value is -0.330. The van der Waals surface area contributed by atoms with Gasteiger partial charge in [0.1, 0.15) is 0 Å². The van der Waals surface area contributed by atoms with Crippen molar-refractivity contribution in [3.05, 3.63) is 0 Å². The van der Waals surface area contributed by atoms with Gasteiger partial charge in [-0.1, -0.05) is 13.8 Å². The minimum atomic E-state index is -4.21. The fourth-order valence-electron chi connectivity index (χ4n) is 3.19. The Labute approximate surface area is 119 Å². The Morgan fingerprint density at radius 3 is 2.55 bits per heavy atom. The molecule has 0 radical (unpaired) electrons. The third-order valence-corrected chi connectivity index (χ3v) is 4.02. The summed E-state index contributed by atoms with van der Waals surface area (Å²) in [4.78, 5) is 1.34. The molecule has 0 aliphatic heterocycles. The van der Waals surface area contributed by atoms with Crippen molar-refractivity contribution < 1.29 is 18.3 Å². The Kier molecular flexibility index (Phi) is 7.26. The molecule has 0 amide bonds. The first-order valence-electron chi connectivity index (χ1n) is 7.49. The van der Waals surface area contributed by atoms with E-state index in [1.165, 1.54) is 4.90 Å². The molecule has 6 heteroatoms. The van der Waals surface area contributed by atoms with Crippen LogP contribution in [0.4, 0.5) is 13.2 Å². The highest BCUT2D eigenvalue weighted by Gasteiger charge is 2.34. The Morgan fingerprint density at radius 1 is 1.30 bits per heavy atom. The number of alkyl halides is 3. The predicted octanol–water partition coefficient (Wildman–Crippen LogP) is 2.26. The van der Waals surface area contributed by atoms with Gasteiger partial charge in [-0.25, -0.2) is 0 Å². The molecule has 0 aromatic carbocycles. The summed E-state index contributed by atoms with van der Waals surface area (Å²) >= 11 is 0. The van der Waals surface area contributed by atoms with E-state index in [1.54, 1.807) is 0 Å². The van der Waals surface area contributed by atoms with Crippen LogP contribution in [0.25, 0.3) is 0 Å². The van der Waals surface area contributed by atoms with E-state index >= 15 is 0 Å². The number of nitrogens with one attached hydrogen (secondary N) is 1. The van der Waals surface area contributed by atoms with Gasteiger partial charge in [0.05, 0.1) is 13.2 Å². The zero-order valence-corrected chi connectivity index (χ0v) is 12.4. The van der Waals surface area contributed by atoms with Gasteiger partial charge in [-0.15, -0.1) is 0 Å². The lowest BCUT2D eigenvalue weighted by molar-refractivity contribution is -0.148. The fraction of sp³-hybridized carbons (Fsp3) is 1.00. The van der Waals surface area contributed by atoms with Gasteiger partial charge in [-0.2, -0.15) is 13.2 Å². The van der Waals surface area contributed by atoms with E-state index in [0.717, 1.165) is 25.8 Å². The molecule has 120 valence electrons. The van der Waals surface area contributed by atoms with Crippen LogP contribution in [0.1, 0.15) is 33.1 Å². The second kappa shape index (κ2) is 8.20. The van der Waals surface area contributed by atoms with Gasteiger partial charge >= 0.3 is 6.18 Å². The van der Waals surface area contributed by atoms with Crippen molar-refractivity contribution in [1.29, 1.82) is 0 Å². The van der Waals surface area contributed by atoms with Gasteiger partial charge in [-0.05, 0) is 37.6 Å². The summed E-state index contributed by atoms with van der Waals surface area (Å²) in [6.45, 7) is 4.35. The molecule has 0 aromatic heterocycles. The number of hydrogen-bond donors (Lipinski definition) is 2. The highest BCUT2D eigenvalue weighted by molar-refractivity contribution is 4.85. The van der Waals surface area contributed by atoms with Crippen LogP contribution in [0.15, 0.2) is 0 Å². The maximum absolute atomic E-state index is 12.6. The van der Waals surface area contributed by atoms with Gasteiger partial charge in [0.2, 0.25) is 0 Å². The molecule has 0 saturated heterocycles. The molecule has 1 fully saturated rings. The first-order chi connectivity index (χ1) is 9.35. The first-order valence-corrected chi connectivity index (χ1v) is 7.49. The van der Waals surface area contributed by atoms with Crippen molar-refractivity contribution in [1.82, 2.24) is 10.2 Å². The summed E-state index contributed by atoms with van der Waals surface area (Å²) < 4.78 is 37.7. The second-order valence-electron chi connectivity index (χ2n) is 5.92. The third kappa shape index (κ3) is 6.41. The zero-order valence-electron chi connectivity index (χ0n) is 12.4. The number of rotatable bonds is 7. The monoisotopic (exact) mass is 296 g/mol. The molecule has 0 aromatic rings. The molecule has 1 aliphatic carbocycles. The van der Waals surface area contributed by atoms with Crippen molar-refractivity contribution in [3.8, 4) is 0 Å². The van der Waals surface area contributed by atoms with Crippen LogP contribution >= 0.6 is 0 Å². The van der Waals surface area contributed by atoms with Crippen molar-refractivity contribution in [2.45, 2.75) is 45.3 Å². The third-order valence-electron chi connectivity index (χ3n) is 4.02. The maximum Gasteiger partial charge on any atom is 0.401 e. The average Bonchev–Trinajstić information content (AvgIpc) is 2.31. The molecule has 20 heavy (non-hydrogen) atoms. The Morgan fingerprint density at radius 2 is 2.00 bits per heavy atom. The molecule has 1 aliphatic rings. The van der Waals surface area contributed by atoms with Crippen LogP contribution in [0, 0.1) is 11.8 Å². The summed E-state index contributed by atoms with van der Waals surface area (Å²) in [5.41, 5.74) is 0. The molecule has 3 atom stereocenters. The minimum absolute atomic E-state index is 0.0865. The van der Waals surface area contributed by atoms with Crippen LogP contribution in [-0.4, -0.2) is 55.0 Å². The van der Waals surface area contributed by atoms with Crippen LogP contribution < -0.4 is 5.32 Å². The highest BCUT2D eigenvalue weighted by Crippen LogP contribution is 2.30. The topological polar surface area (TPSA) is 35.5 Å². The SMILES string of the molecule is CCNC1CCC(C)CC1CN(CCO)CC(F)(F)F. The van der Waals surface area contributed by atoms with Gasteiger partial charge in [-0.3, -0.25) is 4.90 Å². The molecular weight excluding hydrogens is 269 g/mol. The Balaban J connectivity index is 2.62. The summed E-state index contributed by atoms with van der Waals surface area (Å²) in [5, 5.41) is 12.4. The molecule has 1 rings (SSSR count). The van der Waals surface area contributed by atoms with Crippen LogP contribution in [0.5, 0.6) is 0 Å². The van der Waals surface area contributed by atoms with Gasteiger partial charge in [0.25, 0.3) is 0 Å². The normalized spacial score (nSPS) is 28.1. The van der Waals surface area contributed by atoms with Crippen LogP contribution in [0.2, 0.25) is 0 Å². The van der Waals surface area contributed by atoms with Crippen molar-refractivity contribution >= 4 is 0 Å². The lowest BCUT2D eigenvalue weighted by Crippen LogP contribution is -2.47. The van der Waals surface area contributed by atoms with Gasteiger partial charge in [0.15, 0.2) is 0 Å². The van der Waals surface area contributed by atoms with E-state index in [9.17, 15) is 13.2 Å². The second-order valence-corrected chi connectivity index (χ2v) is 5.92. The average molecular weight is 296 g/mol. The number of hydrogen-bond acceptors (Lipinski definition) is 3. The minimum Gasteiger partial charge on any atom is -0.395 e. The van der Waals surface area contributed by atoms with Crippen molar-refractivity contribution in [3.63, 3.8) is 0 Å². The van der Waals surface area contributed by atoms with Crippen molar-refractivity contribution in [2.24, 2.45) is 11.8 Å². The molecule has 1 saturated carbocycles. The number of halogens is 3. The quantitative estimate of drug-likeness (QED) is 0.756. The first kappa shape index (κ1) is 17.7. The molecule has 2 N–H and O–H groups in total. The maximum atomic E-state index is 12.6. The standard InChI is InChI=1S/C14H27F3N2O/c1-3-18-13-5-4-11(2)8-12(13)9-19(6-7-20)10-14(15,16)17/h11-13,18,20H,3-10H2,1-2H3. The zero-order chi connectivity index (χ0) is 15.2. The molecule has 0 heterocycles. The van der Waals surface area contributed by atoms with Crippen LogP contribution in [-0.2, 0) is 0 Å². The summed E-state index contributed by atoms with van der Waals surface area (Å²) in [6.07, 6.45) is -1.09. The Bertz CT molecular complexity index is 274. The summed E-state index contributed by atoms with van der Waals surface area (Å²) in [6, 6.07) is 0.297. The summed E-state index contributed by atoms with van der Waals surface area (Å²) in [7, 11) is 0. The van der Waals surface area contributed by atoms with E-state index in [1.807, 2.05) is 6.92 Å². The van der Waals surface area contributed by atoms with Crippen LogP contribution in [0.3, 0.4) is 0 Å².